The van der Waals surface area contributed by atoms with Gasteiger partial charge < -0.3 is 14.2 Å². The highest BCUT2D eigenvalue weighted by Crippen LogP contribution is 2.36. The standard InChI is InChI=1S/C19H20ClNO3/c1-12-7-13(2)14(3)17(8-12)23-5-6-24-19-16(20)9-15(11-21)10-18(19)22-4/h7-10H,5-6H2,1-4H3. The monoisotopic (exact) mass is 345 g/mol. The van der Waals surface area contributed by atoms with Gasteiger partial charge in [-0.3, -0.25) is 0 Å². The average molecular weight is 346 g/mol. The Labute approximate surface area is 147 Å². The van der Waals surface area contributed by atoms with Crippen LogP contribution in [0.15, 0.2) is 24.3 Å². The first kappa shape index (κ1) is 18.0. The molecule has 0 fully saturated rings. The van der Waals surface area contributed by atoms with Crippen molar-refractivity contribution in [2.75, 3.05) is 20.3 Å². The molecule has 126 valence electrons. The van der Waals surface area contributed by atoms with Crippen molar-refractivity contribution in [3.8, 4) is 23.3 Å². The molecule has 0 bridgehead atoms. The van der Waals surface area contributed by atoms with Crippen LogP contribution in [-0.2, 0) is 0 Å². The summed E-state index contributed by atoms with van der Waals surface area (Å²) in [7, 11) is 1.51. The highest BCUT2D eigenvalue weighted by molar-refractivity contribution is 6.32. The summed E-state index contributed by atoms with van der Waals surface area (Å²) in [4.78, 5) is 0. The number of ether oxygens (including phenoxy) is 3. The number of hydrogen-bond acceptors (Lipinski definition) is 4. The van der Waals surface area contributed by atoms with Crippen LogP contribution in [0.2, 0.25) is 5.02 Å². The number of benzene rings is 2. The van der Waals surface area contributed by atoms with E-state index in [1.54, 1.807) is 12.1 Å². The summed E-state index contributed by atoms with van der Waals surface area (Å²) in [6, 6.07) is 9.31. The van der Waals surface area contributed by atoms with Crippen LogP contribution in [0.3, 0.4) is 0 Å². The maximum Gasteiger partial charge on any atom is 0.179 e. The van der Waals surface area contributed by atoms with E-state index in [0.717, 1.165) is 16.9 Å². The second-order valence-electron chi connectivity index (χ2n) is 5.50. The lowest BCUT2D eigenvalue weighted by molar-refractivity contribution is 0.210. The van der Waals surface area contributed by atoms with Gasteiger partial charge in [0.1, 0.15) is 19.0 Å². The topological polar surface area (TPSA) is 51.5 Å². The van der Waals surface area contributed by atoms with Crippen molar-refractivity contribution in [3.63, 3.8) is 0 Å². The zero-order valence-corrected chi connectivity index (χ0v) is 15.0. The molecular formula is C19H20ClNO3. The van der Waals surface area contributed by atoms with E-state index in [1.165, 1.54) is 12.7 Å². The lowest BCUT2D eigenvalue weighted by atomic mass is 10.1. The molecule has 0 saturated heterocycles. The van der Waals surface area contributed by atoms with Crippen LogP contribution in [0, 0.1) is 32.1 Å². The zero-order valence-electron chi connectivity index (χ0n) is 14.3. The van der Waals surface area contributed by atoms with Crippen molar-refractivity contribution in [3.05, 3.63) is 51.5 Å². The Hall–Kier alpha value is -2.38. The van der Waals surface area contributed by atoms with E-state index < -0.39 is 0 Å². The smallest absolute Gasteiger partial charge is 0.179 e. The second kappa shape index (κ2) is 7.94. The summed E-state index contributed by atoms with van der Waals surface area (Å²) in [5, 5.41) is 9.30. The van der Waals surface area contributed by atoms with E-state index in [2.05, 4.69) is 13.0 Å². The molecule has 0 saturated carbocycles. The molecule has 0 radical (unpaired) electrons. The summed E-state index contributed by atoms with van der Waals surface area (Å²) in [6.07, 6.45) is 0. The summed E-state index contributed by atoms with van der Waals surface area (Å²) < 4.78 is 16.7. The van der Waals surface area contributed by atoms with Crippen LogP contribution < -0.4 is 14.2 Å². The zero-order chi connectivity index (χ0) is 17.7. The van der Waals surface area contributed by atoms with Gasteiger partial charge in [-0.25, -0.2) is 0 Å². The lowest BCUT2D eigenvalue weighted by Crippen LogP contribution is -2.11. The maximum atomic E-state index is 8.96. The first-order valence-corrected chi connectivity index (χ1v) is 7.95. The Morgan fingerprint density at radius 1 is 1.00 bits per heavy atom. The van der Waals surface area contributed by atoms with Crippen LogP contribution >= 0.6 is 11.6 Å². The minimum Gasteiger partial charge on any atom is -0.493 e. The molecule has 0 aliphatic heterocycles. The third-order valence-electron chi connectivity index (χ3n) is 3.71. The third kappa shape index (κ3) is 4.12. The molecule has 0 unspecified atom stereocenters. The van der Waals surface area contributed by atoms with E-state index in [0.29, 0.717) is 35.3 Å². The van der Waals surface area contributed by atoms with Crippen molar-refractivity contribution in [1.29, 1.82) is 5.26 Å². The molecule has 2 rings (SSSR count). The maximum absolute atomic E-state index is 8.96. The van der Waals surface area contributed by atoms with Gasteiger partial charge in [-0.2, -0.15) is 5.26 Å². The quantitative estimate of drug-likeness (QED) is 0.718. The first-order valence-electron chi connectivity index (χ1n) is 7.57. The van der Waals surface area contributed by atoms with E-state index >= 15 is 0 Å². The van der Waals surface area contributed by atoms with Crippen molar-refractivity contribution < 1.29 is 14.2 Å². The lowest BCUT2D eigenvalue weighted by Gasteiger charge is -2.15. The van der Waals surface area contributed by atoms with Gasteiger partial charge in [0, 0.05) is 6.07 Å². The average Bonchev–Trinajstić information content (AvgIpc) is 2.56. The van der Waals surface area contributed by atoms with E-state index in [-0.39, 0.29) is 0 Å². The van der Waals surface area contributed by atoms with Crippen LogP contribution in [0.4, 0.5) is 0 Å². The van der Waals surface area contributed by atoms with E-state index in [1.807, 2.05) is 26.0 Å². The summed E-state index contributed by atoms with van der Waals surface area (Å²) in [6.45, 7) is 6.83. The molecule has 0 heterocycles. The van der Waals surface area contributed by atoms with E-state index in [9.17, 15) is 0 Å². The van der Waals surface area contributed by atoms with Crippen molar-refractivity contribution >= 4 is 11.6 Å². The normalized spacial score (nSPS) is 10.2. The van der Waals surface area contributed by atoms with Gasteiger partial charge in [-0.05, 0) is 49.6 Å². The molecule has 0 atom stereocenters. The Balaban J connectivity index is 2.02. The van der Waals surface area contributed by atoms with Crippen LogP contribution in [0.1, 0.15) is 22.3 Å². The number of halogens is 1. The second-order valence-corrected chi connectivity index (χ2v) is 5.91. The van der Waals surface area contributed by atoms with Gasteiger partial charge in [0.05, 0.1) is 23.8 Å². The van der Waals surface area contributed by atoms with Crippen molar-refractivity contribution in [2.24, 2.45) is 0 Å². The number of methoxy groups -OCH3 is 1. The highest BCUT2D eigenvalue weighted by atomic mass is 35.5. The molecular weight excluding hydrogens is 326 g/mol. The minimum absolute atomic E-state index is 0.314. The van der Waals surface area contributed by atoms with Crippen LogP contribution in [-0.4, -0.2) is 20.3 Å². The Bertz CT molecular complexity index is 781. The number of aryl methyl sites for hydroxylation is 2. The van der Waals surface area contributed by atoms with Gasteiger partial charge in [-0.15, -0.1) is 0 Å². The van der Waals surface area contributed by atoms with Crippen molar-refractivity contribution in [2.45, 2.75) is 20.8 Å². The fourth-order valence-electron chi connectivity index (χ4n) is 2.37. The molecule has 0 amide bonds. The molecule has 0 aliphatic carbocycles. The molecule has 24 heavy (non-hydrogen) atoms. The first-order chi connectivity index (χ1) is 11.5. The fraction of sp³-hybridized carbons (Fsp3) is 0.316. The molecule has 5 heteroatoms. The molecule has 2 aromatic rings. The van der Waals surface area contributed by atoms with Crippen LogP contribution in [0.5, 0.6) is 17.2 Å². The predicted molar refractivity (Wildman–Crippen MR) is 94.4 cm³/mol. The molecule has 2 aromatic carbocycles. The highest BCUT2D eigenvalue weighted by Gasteiger charge is 2.12. The van der Waals surface area contributed by atoms with Crippen molar-refractivity contribution in [1.82, 2.24) is 0 Å². The summed E-state index contributed by atoms with van der Waals surface area (Å²) >= 11 is 6.16. The molecule has 0 aromatic heterocycles. The molecule has 0 spiro atoms. The SMILES string of the molecule is COc1cc(C#N)cc(Cl)c1OCCOc1cc(C)cc(C)c1C. The predicted octanol–water partition coefficient (Wildman–Crippen LogP) is 4.60. The molecule has 0 N–H and O–H groups in total. The summed E-state index contributed by atoms with van der Waals surface area (Å²) in [5.41, 5.74) is 3.90. The Morgan fingerprint density at radius 2 is 1.71 bits per heavy atom. The number of nitriles is 1. The van der Waals surface area contributed by atoms with Gasteiger partial charge in [-0.1, -0.05) is 17.7 Å². The number of nitrogens with zero attached hydrogens (tertiary/aromatic N) is 1. The third-order valence-corrected chi connectivity index (χ3v) is 3.99. The summed E-state index contributed by atoms with van der Waals surface area (Å²) in [5.74, 6) is 1.70. The van der Waals surface area contributed by atoms with Gasteiger partial charge in [0.15, 0.2) is 11.5 Å². The minimum atomic E-state index is 0.314. The Morgan fingerprint density at radius 3 is 2.38 bits per heavy atom. The van der Waals surface area contributed by atoms with Gasteiger partial charge >= 0.3 is 0 Å². The number of rotatable bonds is 6. The Kier molecular flexibility index (Phi) is 5.94. The fourth-order valence-corrected chi connectivity index (χ4v) is 2.64. The van der Waals surface area contributed by atoms with Gasteiger partial charge in [0.25, 0.3) is 0 Å². The number of hydrogen-bond donors (Lipinski definition) is 0. The molecule has 0 aliphatic rings. The van der Waals surface area contributed by atoms with E-state index in [4.69, 9.17) is 31.1 Å². The van der Waals surface area contributed by atoms with Gasteiger partial charge in [0.2, 0.25) is 0 Å². The largest absolute Gasteiger partial charge is 0.493 e. The molecule has 4 nitrogen and oxygen atoms in total. The van der Waals surface area contributed by atoms with Crippen LogP contribution in [0.25, 0.3) is 0 Å².